The van der Waals surface area contributed by atoms with Crippen LogP contribution in [0.25, 0.3) is 0 Å². The third kappa shape index (κ3) is 2.24. The molecule has 14 heavy (non-hydrogen) atoms. The summed E-state index contributed by atoms with van der Waals surface area (Å²) >= 11 is 0. The van der Waals surface area contributed by atoms with E-state index in [4.69, 9.17) is 5.73 Å². The van der Waals surface area contributed by atoms with Crippen molar-refractivity contribution in [3.63, 3.8) is 0 Å². The van der Waals surface area contributed by atoms with Crippen LogP contribution in [0.1, 0.15) is 42.5 Å². The smallest absolute Gasteiger partial charge is 0.0481 e. The molecule has 0 amide bonds. The van der Waals surface area contributed by atoms with E-state index in [0.29, 0.717) is 5.92 Å². The minimum Gasteiger partial charge on any atom is -0.321 e. The first kappa shape index (κ1) is 11.0. The van der Waals surface area contributed by atoms with E-state index in [1.54, 1.807) is 6.08 Å². The van der Waals surface area contributed by atoms with Gasteiger partial charge in [0.1, 0.15) is 0 Å². The molecule has 0 aliphatic carbocycles. The average molecular weight is 189 g/mol. The molecule has 1 heteroatoms. The van der Waals surface area contributed by atoms with Crippen LogP contribution in [-0.2, 0) is 0 Å². The standard InChI is InChI=1S/C13H19N/c1-5-13(14)12-8-11(9(2)3)7-6-10(12)4/h5-9,13H,1,14H2,2-4H3/t13-/m0/s1. The van der Waals surface area contributed by atoms with Crippen LogP contribution < -0.4 is 5.73 Å². The zero-order valence-corrected chi connectivity index (χ0v) is 9.25. The van der Waals surface area contributed by atoms with Gasteiger partial charge in [-0.2, -0.15) is 0 Å². The molecule has 1 aromatic rings. The highest BCUT2D eigenvalue weighted by Crippen LogP contribution is 2.22. The minimum absolute atomic E-state index is 0.0475. The van der Waals surface area contributed by atoms with Crippen LogP contribution in [0.15, 0.2) is 30.9 Å². The van der Waals surface area contributed by atoms with Crippen LogP contribution in [0.2, 0.25) is 0 Å². The van der Waals surface area contributed by atoms with Crippen LogP contribution in [0.3, 0.4) is 0 Å². The highest BCUT2D eigenvalue weighted by Gasteiger charge is 2.07. The molecule has 2 N–H and O–H groups in total. The van der Waals surface area contributed by atoms with Crippen molar-refractivity contribution in [2.75, 3.05) is 0 Å². The maximum absolute atomic E-state index is 5.95. The molecule has 0 radical (unpaired) electrons. The van der Waals surface area contributed by atoms with Crippen LogP contribution in [0.4, 0.5) is 0 Å². The Morgan fingerprint density at radius 3 is 2.50 bits per heavy atom. The molecule has 0 fully saturated rings. The Morgan fingerprint density at radius 1 is 1.36 bits per heavy atom. The van der Waals surface area contributed by atoms with Gasteiger partial charge in [0.05, 0.1) is 0 Å². The van der Waals surface area contributed by atoms with Crippen LogP contribution in [0.5, 0.6) is 0 Å². The quantitative estimate of drug-likeness (QED) is 0.725. The monoisotopic (exact) mass is 189 g/mol. The lowest BCUT2D eigenvalue weighted by atomic mass is 9.94. The topological polar surface area (TPSA) is 26.0 Å². The summed E-state index contributed by atoms with van der Waals surface area (Å²) in [6.45, 7) is 10.2. The fourth-order valence-electron chi connectivity index (χ4n) is 1.50. The SMILES string of the molecule is C=C[C@H](N)c1cc(C(C)C)ccc1C. The van der Waals surface area contributed by atoms with Gasteiger partial charge < -0.3 is 5.73 Å². The van der Waals surface area contributed by atoms with Crippen molar-refractivity contribution in [2.45, 2.75) is 32.7 Å². The second kappa shape index (κ2) is 4.43. The number of aryl methyl sites for hydroxylation is 1. The summed E-state index contributed by atoms with van der Waals surface area (Å²) in [6.07, 6.45) is 1.78. The summed E-state index contributed by atoms with van der Waals surface area (Å²) in [4.78, 5) is 0. The van der Waals surface area contributed by atoms with Crippen LogP contribution in [-0.4, -0.2) is 0 Å². The van der Waals surface area contributed by atoms with Crippen molar-refractivity contribution in [2.24, 2.45) is 5.73 Å². The number of hydrogen-bond donors (Lipinski definition) is 1. The molecular weight excluding hydrogens is 170 g/mol. The highest BCUT2D eigenvalue weighted by atomic mass is 14.6. The number of hydrogen-bond acceptors (Lipinski definition) is 1. The Hall–Kier alpha value is -1.08. The largest absolute Gasteiger partial charge is 0.321 e. The van der Waals surface area contributed by atoms with E-state index in [-0.39, 0.29) is 6.04 Å². The van der Waals surface area contributed by atoms with Gasteiger partial charge >= 0.3 is 0 Å². The van der Waals surface area contributed by atoms with E-state index in [2.05, 4.69) is 45.5 Å². The van der Waals surface area contributed by atoms with E-state index < -0.39 is 0 Å². The molecule has 0 spiro atoms. The van der Waals surface area contributed by atoms with Gasteiger partial charge in [0.25, 0.3) is 0 Å². The summed E-state index contributed by atoms with van der Waals surface area (Å²) < 4.78 is 0. The van der Waals surface area contributed by atoms with E-state index in [1.807, 2.05) is 0 Å². The van der Waals surface area contributed by atoms with Crippen molar-refractivity contribution >= 4 is 0 Å². The predicted molar refractivity (Wildman–Crippen MR) is 62.4 cm³/mol. The Kier molecular flexibility index (Phi) is 3.48. The third-order valence-electron chi connectivity index (χ3n) is 2.58. The Bertz CT molecular complexity index is 326. The molecule has 76 valence electrons. The van der Waals surface area contributed by atoms with Crippen molar-refractivity contribution < 1.29 is 0 Å². The third-order valence-corrected chi connectivity index (χ3v) is 2.58. The minimum atomic E-state index is -0.0475. The first-order valence-electron chi connectivity index (χ1n) is 5.04. The van der Waals surface area contributed by atoms with Gasteiger partial charge in [0.2, 0.25) is 0 Å². The highest BCUT2D eigenvalue weighted by molar-refractivity contribution is 5.36. The van der Waals surface area contributed by atoms with Crippen LogP contribution in [0, 0.1) is 6.92 Å². The van der Waals surface area contributed by atoms with Gasteiger partial charge in [-0.05, 0) is 29.5 Å². The molecule has 1 atom stereocenters. The molecule has 0 bridgehead atoms. The average Bonchev–Trinajstić information content (AvgIpc) is 2.17. The molecule has 0 aliphatic heterocycles. The molecule has 0 heterocycles. The van der Waals surface area contributed by atoms with Crippen molar-refractivity contribution in [3.05, 3.63) is 47.5 Å². The van der Waals surface area contributed by atoms with Gasteiger partial charge in [-0.25, -0.2) is 0 Å². The summed E-state index contributed by atoms with van der Waals surface area (Å²) in [5.74, 6) is 0.548. The van der Waals surface area contributed by atoms with Gasteiger partial charge in [0.15, 0.2) is 0 Å². The van der Waals surface area contributed by atoms with E-state index >= 15 is 0 Å². The maximum atomic E-state index is 5.95. The Labute approximate surface area is 86.6 Å². The first-order chi connectivity index (χ1) is 6.56. The van der Waals surface area contributed by atoms with Crippen LogP contribution >= 0.6 is 0 Å². The van der Waals surface area contributed by atoms with Gasteiger partial charge in [0, 0.05) is 6.04 Å². The fraction of sp³-hybridized carbons (Fsp3) is 0.385. The molecule has 1 aromatic carbocycles. The first-order valence-corrected chi connectivity index (χ1v) is 5.04. The van der Waals surface area contributed by atoms with Crippen molar-refractivity contribution in [1.29, 1.82) is 0 Å². The summed E-state index contributed by atoms with van der Waals surface area (Å²) in [5, 5.41) is 0. The lowest BCUT2D eigenvalue weighted by molar-refractivity contribution is 0.844. The number of nitrogens with two attached hydrogens (primary N) is 1. The second-order valence-corrected chi connectivity index (χ2v) is 4.03. The van der Waals surface area contributed by atoms with Crippen molar-refractivity contribution in [3.8, 4) is 0 Å². The van der Waals surface area contributed by atoms with Crippen molar-refractivity contribution in [1.82, 2.24) is 0 Å². The van der Waals surface area contributed by atoms with E-state index in [0.717, 1.165) is 0 Å². The molecule has 1 nitrogen and oxygen atoms in total. The lowest BCUT2D eigenvalue weighted by Crippen LogP contribution is -2.09. The summed E-state index contributed by atoms with van der Waals surface area (Å²) in [6, 6.07) is 6.44. The molecule has 0 aromatic heterocycles. The molecule has 0 aliphatic rings. The summed E-state index contributed by atoms with van der Waals surface area (Å²) in [5.41, 5.74) is 9.71. The predicted octanol–water partition coefficient (Wildman–Crippen LogP) is 3.30. The zero-order chi connectivity index (χ0) is 10.7. The maximum Gasteiger partial charge on any atom is 0.0481 e. The number of benzene rings is 1. The lowest BCUT2D eigenvalue weighted by Gasteiger charge is -2.14. The molecular formula is C13H19N. The Balaban J connectivity index is 3.14. The Morgan fingerprint density at radius 2 is 2.00 bits per heavy atom. The second-order valence-electron chi connectivity index (χ2n) is 4.03. The zero-order valence-electron chi connectivity index (χ0n) is 9.25. The summed E-state index contributed by atoms with van der Waals surface area (Å²) in [7, 11) is 0. The molecule has 1 rings (SSSR count). The fourth-order valence-corrected chi connectivity index (χ4v) is 1.50. The van der Waals surface area contributed by atoms with Gasteiger partial charge in [-0.1, -0.05) is 38.1 Å². The normalized spacial score (nSPS) is 12.9. The number of rotatable bonds is 3. The van der Waals surface area contributed by atoms with E-state index in [9.17, 15) is 0 Å². The molecule has 0 saturated carbocycles. The van der Waals surface area contributed by atoms with Gasteiger partial charge in [-0.15, -0.1) is 6.58 Å². The van der Waals surface area contributed by atoms with E-state index in [1.165, 1.54) is 16.7 Å². The van der Waals surface area contributed by atoms with Gasteiger partial charge in [-0.3, -0.25) is 0 Å². The molecule has 0 saturated heterocycles. The molecule has 0 unspecified atom stereocenters.